The number of nitrogens with zero attached hydrogens (tertiary/aromatic N) is 5. The Labute approximate surface area is 171 Å². The van der Waals surface area contributed by atoms with E-state index >= 15 is 0 Å². The van der Waals surface area contributed by atoms with Crippen molar-refractivity contribution >= 4 is 45.0 Å². The van der Waals surface area contributed by atoms with Gasteiger partial charge in [0.15, 0.2) is 10.8 Å². The first-order chi connectivity index (χ1) is 13.6. The minimum atomic E-state index is -0.420. The van der Waals surface area contributed by atoms with Gasteiger partial charge >= 0.3 is 6.01 Å². The lowest BCUT2D eigenvalue weighted by molar-refractivity contribution is 0.379. The van der Waals surface area contributed by atoms with Crippen molar-refractivity contribution in [1.29, 1.82) is 0 Å². The molecule has 4 aromatic rings. The molecular formula is C17H11ClFN5O2S2. The fourth-order valence-corrected chi connectivity index (χ4v) is 4.23. The maximum Gasteiger partial charge on any atom is 0.316 e. The minimum Gasteiger partial charge on any atom is -0.467 e. The van der Waals surface area contributed by atoms with Crippen molar-refractivity contribution < 1.29 is 9.13 Å². The van der Waals surface area contributed by atoms with Crippen LogP contribution in [0.1, 0.15) is 5.56 Å². The fourth-order valence-electron chi connectivity index (χ4n) is 2.43. The van der Waals surface area contributed by atoms with Crippen LogP contribution in [0.3, 0.4) is 0 Å². The van der Waals surface area contributed by atoms with Crippen molar-refractivity contribution in [1.82, 2.24) is 24.5 Å². The molecule has 0 atom stereocenters. The molecule has 0 amide bonds. The van der Waals surface area contributed by atoms with E-state index in [0.29, 0.717) is 31.8 Å². The lowest BCUT2D eigenvalue weighted by Gasteiger charge is -2.11. The summed E-state index contributed by atoms with van der Waals surface area (Å²) in [7, 11) is 1.45. The summed E-state index contributed by atoms with van der Waals surface area (Å²) in [5.41, 5.74) is 2.48. The normalized spacial score (nSPS) is 11.1. The monoisotopic (exact) mass is 435 g/mol. The number of benzene rings is 1. The van der Waals surface area contributed by atoms with Gasteiger partial charge in [-0.3, -0.25) is 9.36 Å². The SMILES string of the molecule is COc1ncc(-n2c(SCc3ccc(Cl)cc3F)nc3ncsc3c2=O)cn1. The van der Waals surface area contributed by atoms with E-state index in [4.69, 9.17) is 16.3 Å². The molecule has 0 aliphatic heterocycles. The number of rotatable bonds is 5. The highest BCUT2D eigenvalue weighted by Crippen LogP contribution is 2.27. The lowest BCUT2D eigenvalue weighted by Crippen LogP contribution is -2.21. The van der Waals surface area contributed by atoms with Crippen LogP contribution >= 0.6 is 34.7 Å². The minimum absolute atomic E-state index is 0.182. The molecule has 7 nitrogen and oxygen atoms in total. The Bertz CT molecular complexity index is 1210. The molecule has 0 N–H and O–H groups in total. The fraction of sp³-hybridized carbons (Fsp3) is 0.118. The van der Waals surface area contributed by atoms with Gasteiger partial charge < -0.3 is 4.74 Å². The number of thioether (sulfide) groups is 1. The Kier molecular flexibility index (Phi) is 5.25. The maximum atomic E-state index is 14.1. The van der Waals surface area contributed by atoms with Gasteiger partial charge in [0.1, 0.15) is 10.5 Å². The molecule has 3 aromatic heterocycles. The number of aromatic nitrogens is 5. The average molecular weight is 436 g/mol. The number of fused-ring (bicyclic) bond motifs is 1. The molecule has 142 valence electrons. The zero-order valence-corrected chi connectivity index (χ0v) is 16.7. The summed E-state index contributed by atoms with van der Waals surface area (Å²) in [5.74, 6) is -0.168. The second kappa shape index (κ2) is 7.82. The molecule has 0 fully saturated rings. The molecule has 28 heavy (non-hydrogen) atoms. The van der Waals surface area contributed by atoms with Gasteiger partial charge in [0, 0.05) is 10.8 Å². The molecule has 0 aliphatic carbocycles. The number of ether oxygens (including phenoxy) is 1. The highest BCUT2D eigenvalue weighted by molar-refractivity contribution is 7.98. The molecule has 0 spiro atoms. The standard InChI is InChI=1S/C17H11ClFN5O2S2/c1-26-16-20-5-11(6-21-16)24-15(25)13-14(22-8-28-13)23-17(24)27-7-9-2-3-10(18)4-12(9)19/h2-6,8H,7H2,1H3. The number of hydrogen-bond acceptors (Lipinski definition) is 8. The van der Waals surface area contributed by atoms with E-state index in [2.05, 4.69) is 19.9 Å². The summed E-state index contributed by atoms with van der Waals surface area (Å²) in [5, 5.41) is 0.673. The van der Waals surface area contributed by atoms with E-state index < -0.39 is 5.82 Å². The van der Waals surface area contributed by atoms with Crippen molar-refractivity contribution in [2.24, 2.45) is 0 Å². The van der Waals surface area contributed by atoms with Crippen molar-refractivity contribution in [3.05, 3.63) is 62.9 Å². The van der Waals surface area contributed by atoms with Gasteiger partial charge in [-0.2, -0.15) is 0 Å². The maximum absolute atomic E-state index is 14.1. The molecule has 4 rings (SSSR count). The van der Waals surface area contributed by atoms with Crippen LogP contribution in [0.5, 0.6) is 6.01 Å². The predicted octanol–water partition coefficient (Wildman–Crippen LogP) is 3.73. The molecule has 0 saturated carbocycles. The van der Waals surface area contributed by atoms with Crippen molar-refractivity contribution in [2.75, 3.05) is 7.11 Å². The predicted molar refractivity (Wildman–Crippen MR) is 106 cm³/mol. The van der Waals surface area contributed by atoms with Crippen LogP contribution in [0.25, 0.3) is 16.0 Å². The van der Waals surface area contributed by atoms with Gasteiger partial charge in [0.05, 0.1) is 30.7 Å². The Hall–Kier alpha value is -2.56. The number of methoxy groups -OCH3 is 1. The first kappa shape index (κ1) is 18.8. The molecule has 0 aliphatic rings. The summed E-state index contributed by atoms with van der Waals surface area (Å²) in [6, 6.07) is 4.65. The van der Waals surface area contributed by atoms with Crippen LogP contribution in [0, 0.1) is 5.82 Å². The summed E-state index contributed by atoms with van der Waals surface area (Å²) in [6.45, 7) is 0. The zero-order chi connectivity index (χ0) is 19.7. The third-order valence-corrected chi connectivity index (χ3v) is 5.79. The van der Waals surface area contributed by atoms with Crippen LogP contribution < -0.4 is 10.3 Å². The number of halogens is 2. The third-order valence-electron chi connectivity index (χ3n) is 3.77. The van der Waals surface area contributed by atoms with Crippen LogP contribution in [0.15, 0.2) is 46.1 Å². The first-order valence-corrected chi connectivity index (χ1v) is 10.1. The van der Waals surface area contributed by atoms with Gasteiger partial charge in [0.25, 0.3) is 5.56 Å². The van der Waals surface area contributed by atoms with Crippen LogP contribution in [-0.4, -0.2) is 31.6 Å². The number of hydrogen-bond donors (Lipinski definition) is 0. The van der Waals surface area contributed by atoms with E-state index in [1.165, 1.54) is 53.2 Å². The second-order valence-corrected chi connectivity index (χ2v) is 7.73. The largest absolute Gasteiger partial charge is 0.467 e. The van der Waals surface area contributed by atoms with E-state index in [-0.39, 0.29) is 17.3 Å². The second-order valence-electron chi connectivity index (χ2n) is 5.49. The summed E-state index contributed by atoms with van der Waals surface area (Å²) in [4.78, 5) is 29.7. The summed E-state index contributed by atoms with van der Waals surface area (Å²) >= 11 is 8.21. The van der Waals surface area contributed by atoms with Crippen molar-refractivity contribution in [3.8, 4) is 11.7 Å². The third kappa shape index (κ3) is 3.58. The Morgan fingerprint density at radius 2 is 2.07 bits per heavy atom. The van der Waals surface area contributed by atoms with Crippen molar-refractivity contribution in [2.45, 2.75) is 10.9 Å². The highest BCUT2D eigenvalue weighted by atomic mass is 35.5. The smallest absolute Gasteiger partial charge is 0.316 e. The van der Waals surface area contributed by atoms with Crippen LogP contribution in [0.2, 0.25) is 5.02 Å². The van der Waals surface area contributed by atoms with E-state index in [1.54, 1.807) is 17.6 Å². The van der Waals surface area contributed by atoms with Crippen molar-refractivity contribution in [3.63, 3.8) is 0 Å². The highest BCUT2D eigenvalue weighted by Gasteiger charge is 2.17. The molecule has 0 bridgehead atoms. The Morgan fingerprint density at radius 3 is 2.79 bits per heavy atom. The first-order valence-electron chi connectivity index (χ1n) is 7.86. The molecular weight excluding hydrogens is 425 g/mol. The summed E-state index contributed by atoms with van der Waals surface area (Å²) < 4.78 is 20.9. The van der Waals surface area contributed by atoms with E-state index in [0.717, 1.165) is 0 Å². The van der Waals surface area contributed by atoms with Gasteiger partial charge in [0.2, 0.25) is 0 Å². The Balaban J connectivity index is 1.78. The van der Waals surface area contributed by atoms with Crippen LogP contribution in [0.4, 0.5) is 4.39 Å². The average Bonchev–Trinajstić information content (AvgIpc) is 3.17. The van der Waals surface area contributed by atoms with Gasteiger partial charge in [-0.25, -0.2) is 24.3 Å². The van der Waals surface area contributed by atoms with Gasteiger partial charge in [-0.05, 0) is 17.7 Å². The molecule has 11 heteroatoms. The lowest BCUT2D eigenvalue weighted by atomic mass is 10.2. The molecule has 0 saturated heterocycles. The van der Waals surface area contributed by atoms with E-state index in [1.807, 2.05) is 0 Å². The van der Waals surface area contributed by atoms with Crippen LogP contribution in [-0.2, 0) is 5.75 Å². The number of thiazole rings is 1. The molecule has 0 radical (unpaired) electrons. The van der Waals surface area contributed by atoms with Gasteiger partial charge in [-0.15, -0.1) is 11.3 Å². The molecule has 3 heterocycles. The van der Waals surface area contributed by atoms with Gasteiger partial charge in [-0.1, -0.05) is 29.4 Å². The molecule has 0 unspecified atom stereocenters. The molecule has 1 aromatic carbocycles. The zero-order valence-electron chi connectivity index (χ0n) is 14.3. The Morgan fingerprint density at radius 1 is 1.29 bits per heavy atom. The summed E-state index contributed by atoms with van der Waals surface area (Å²) in [6.07, 6.45) is 2.93. The van der Waals surface area contributed by atoms with E-state index in [9.17, 15) is 9.18 Å². The quantitative estimate of drug-likeness (QED) is 0.349. The topological polar surface area (TPSA) is 82.8 Å².